The second kappa shape index (κ2) is 6.41. The molecule has 25 heavy (non-hydrogen) atoms. The molecule has 4 aromatic rings. The van der Waals surface area contributed by atoms with Crippen LogP contribution in [0.5, 0.6) is 0 Å². The maximum Gasteiger partial charge on any atom is 0.270 e. The number of para-hydroxylation sites is 1. The van der Waals surface area contributed by atoms with E-state index in [1.807, 2.05) is 47.0 Å². The highest BCUT2D eigenvalue weighted by atomic mass is 35.5. The van der Waals surface area contributed by atoms with E-state index < -0.39 is 0 Å². The molecule has 0 unspecified atom stereocenters. The maximum absolute atomic E-state index is 12.5. The maximum atomic E-state index is 12.5. The summed E-state index contributed by atoms with van der Waals surface area (Å²) < 4.78 is 3.58. The highest BCUT2D eigenvalue weighted by Gasteiger charge is 2.13. The van der Waals surface area contributed by atoms with Gasteiger partial charge in [-0.05, 0) is 24.3 Å². The van der Waals surface area contributed by atoms with Crippen LogP contribution in [0.25, 0.3) is 11.3 Å². The first-order chi connectivity index (χ1) is 12.2. The number of nitrogens with zero attached hydrogens (tertiary/aromatic N) is 4. The van der Waals surface area contributed by atoms with E-state index in [0.717, 1.165) is 17.0 Å². The Labute approximate surface area is 148 Å². The lowest BCUT2D eigenvalue weighted by Crippen LogP contribution is -2.25. The number of pyridine rings is 1. The molecule has 1 aromatic carbocycles. The molecule has 1 amide bonds. The number of amides is 1. The summed E-state index contributed by atoms with van der Waals surface area (Å²) in [4.78, 5) is 21.1. The molecular formula is C18H14ClN5O. The van der Waals surface area contributed by atoms with Crippen LogP contribution in [0.15, 0.2) is 67.4 Å². The molecule has 0 aliphatic rings. The van der Waals surface area contributed by atoms with E-state index in [-0.39, 0.29) is 5.91 Å². The molecule has 0 fully saturated rings. The minimum atomic E-state index is -0.212. The van der Waals surface area contributed by atoms with Crippen molar-refractivity contribution in [1.82, 2.24) is 24.3 Å². The summed E-state index contributed by atoms with van der Waals surface area (Å²) in [6, 6.07) is 13.2. The van der Waals surface area contributed by atoms with Gasteiger partial charge >= 0.3 is 0 Å². The zero-order valence-electron chi connectivity index (χ0n) is 13.1. The molecule has 4 rings (SSSR count). The lowest BCUT2D eigenvalue weighted by molar-refractivity contribution is 0.0943. The molecule has 3 aromatic heterocycles. The average Bonchev–Trinajstić information content (AvgIpc) is 3.26. The fourth-order valence-corrected chi connectivity index (χ4v) is 2.79. The van der Waals surface area contributed by atoms with Crippen molar-refractivity contribution in [3.63, 3.8) is 0 Å². The molecule has 7 heteroatoms. The summed E-state index contributed by atoms with van der Waals surface area (Å²) in [6.07, 6.45) is 6.79. The van der Waals surface area contributed by atoms with Crippen molar-refractivity contribution in [1.29, 1.82) is 0 Å². The van der Waals surface area contributed by atoms with Crippen LogP contribution in [0.3, 0.4) is 0 Å². The van der Waals surface area contributed by atoms with Crippen LogP contribution in [0.2, 0.25) is 5.02 Å². The van der Waals surface area contributed by atoms with Crippen molar-refractivity contribution < 1.29 is 4.79 Å². The van der Waals surface area contributed by atoms with E-state index in [9.17, 15) is 4.79 Å². The van der Waals surface area contributed by atoms with Crippen LogP contribution in [-0.2, 0) is 6.54 Å². The van der Waals surface area contributed by atoms with Crippen molar-refractivity contribution in [3.8, 4) is 5.69 Å². The minimum absolute atomic E-state index is 0.212. The monoisotopic (exact) mass is 351 g/mol. The van der Waals surface area contributed by atoms with Gasteiger partial charge in [-0.1, -0.05) is 29.8 Å². The minimum Gasteiger partial charge on any atom is -0.345 e. The zero-order valence-corrected chi connectivity index (χ0v) is 13.9. The molecule has 0 aliphatic heterocycles. The topological polar surface area (TPSA) is 64.2 Å². The highest BCUT2D eigenvalue weighted by Crippen LogP contribution is 2.13. The quantitative estimate of drug-likeness (QED) is 0.614. The predicted octanol–water partition coefficient (Wildman–Crippen LogP) is 3.10. The fourth-order valence-electron chi connectivity index (χ4n) is 2.62. The third-order valence-electron chi connectivity index (χ3n) is 3.80. The highest BCUT2D eigenvalue weighted by molar-refractivity contribution is 6.30. The number of rotatable bonds is 4. The van der Waals surface area contributed by atoms with Gasteiger partial charge in [0, 0.05) is 18.1 Å². The lowest BCUT2D eigenvalue weighted by Gasteiger charge is -2.08. The van der Waals surface area contributed by atoms with E-state index in [4.69, 9.17) is 11.6 Å². The van der Waals surface area contributed by atoms with Crippen LogP contribution in [0.1, 0.15) is 16.2 Å². The number of hydrogen-bond donors (Lipinski definition) is 1. The molecule has 0 bridgehead atoms. The van der Waals surface area contributed by atoms with Gasteiger partial charge in [0.15, 0.2) is 0 Å². The third kappa shape index (κ3) is 3.12. The molecule has 0 aliphatic carbocycles. The Morgan fingerprint density at radius 2 is 1.96 bits per heavy atom. The van der Waals surface area contributed by atoms with E-state index in [1.165, 1.54) is 0 Å². The Kier molecular flexibility index (Phi) is 3.95. The first kappa shape index (κ1) is 15.4. The third-order valence-corrected chi connectivity index (χ3v) is 4.02. The molecule has 0 saturated carbocycles. The molecule has 0 radical (unpaired) electrons. The summed E-state index contributed by atoms with van der Waals surface area (Å²) >= 11 is 5.97. The number of halogens is 1. The summed E-state index contributed by atoms with van der Waals surface area (Å²) in [6.45, 7) is 0.318. The van der Waals surface area contributed by atoms with Gasteiger partial charge in [-0.2, -0.15) is 0 Å². The Balaban J connectivity index is 1.52. The SMILES string of the molecule is O=C(NCc1cn2cc(Cl)ccc2n1)c1cncn1-c1ccccc1. The second-order valence-corrected chi connectivity index (χ2v) is 5.95. The van der Waals surface area contributed by atoms with Crippen molar-refractivity contribution in [3.05, 3.63) is 83.8 Å². The lowest BCUT2D eigenvalue weighted by atomic mass is 10.3. The first-order valence-corrected chi connectivity index (χ1v) is 8.07. The van der Waals surface area contributed by atoms with E-state index in [2.05, 4.69) is 15.3 Å². The van der Waals surface area contributed by atoms with Gasteiger partial charge in [0.2, 0.25) is 0 Å². The fraction of sp³-hybridized carbons (Fsp3) is 0.0556. The average molecular weight is 352 g/mol. The Hall–Kier alpha value is -3.12. The smallest absolute Gasteiger partial charge is 0.270 e. The summed E-state index contributed by atoms with van der Waals surface area (Å²) in [5.41, 5.74) is 2.88. The predicted molar refractivity (Wildman–Crippen MR) is 94.9 cm³/mol. The number of benzene rings is 1. The van der Waals surface area contributed by atoms with E-state index in [1.54, 1.807) is 29.4 Å². The number of imidazole rings is 2. The van der Waals surface area contributed by atoms with Crippen molar-refractivity contribution in [2.24, 2.45) is 0 Å². The number of carbonyl (C=O) groups excluding carboxylic acids is 1. The molecule has 1 N–H and O–H groups in total. The Morgan fingerprint density at radius 1 is 1.12 bits per heavy atom. The van der Waals surface area contributed by atoms with Gasteiger partial charge in [0.1, 0.15) is 11.3 Å². The van der Waals surface area contributed by atoms with Crippen molar-refractivity contribution in [2.75, 3.05) is 0 Å². The summed E-state index contributed by atoms with van der Waals surface area (Å²) in [5, 5.41) is 3.51. The van der Waals surface area contributed by atoms with Gasteiger partial charge in [-0.25, -0.2) is 9.97 Å². The number of carbonyl (C=O) groups is 1. The molecule has 0 atom stereocenters. The molecule has 124 valence electrons. The molecule has 6 nitrogen and oxygen atoms in total. The largest absolute Gasteiger partial charge is 0.345 e. The van der Waals surface area contributed by atoms with Gasteiger partial charge in [0.25, 0.3) is 5.91 Å². The van der Waals surface area contributed by atoms with E-state index in [0.29, 0.717) is 17.3 Å². The van der Waals surface area contributed by atoms with Gasteiger partial charge < -0.3 is 9.72 Å². The van der Waals surface area contributed by atoms with Gasteiger partial charge in [-0.3, -0.25) is 9.36 Å². The standard InChI is InChI=1S/C18H14ClN5O/c19-13-6-7-17-22-14(11-23(17)10-13)8-21-18(25)16-9-20-12-24(16)15-4-2-1-3-5-15/h1-7,9-12H,8H2,(H,21,25). The van der Waals surface area contributed by atoms with Crippen LogP contribution in [0.4, 0.5) is 0 Å². The Bertz CT molecular complexity index is 1040. The molecule has 0 saturated heterocycles. The molecule has 0 spiro atoms. The number of hydrogen-bond acceptors (Lipinski definition) is 3. The first-order valence-electron chi connectivity index (χ1n) is 7.70. The summed E-state index contributed by atoms with van der Waals surface area (Å²) in [7, 11) is 0. The van der Waals surface area contributed by atoms with Gasteiger partial charge in [-0.15, -0.1) is 0 Å². The Morgan fingerprint density at radius 3 is 2.80 bits per heavy atom. The normalized spacial score (nSPS) is 10.9. The second-order valence-electron chi connectivity index (χ2n) is 5.51. The van der Waals surface area contributed by atoms with Crippen molar-refractivity contribution in [2.45, 2.75) is 6.54 Å². The number of aromatic nitrogens is 4. The molecule has 3 heterocycles. The van der Waals surface area contributed by atoms with Crippen LogP contribution in [0, 0.1) is 0 Å². The number of fused-ring (bicyclic) bond motifs is 1. The van der Waals surface area contributed by atoms with E-state index >= 15 is 0 Å². The van der Waals surface area contributed by atoms with Crippen LogP contribution in [-0.4, -0.2) is 24.8 Å². The zero-order chi connectivity index (χ0) is 17.2. The van der Waals surface area contributed by atoms with Crippen LogP contribution >= 0.6 is 11.6 Å². The summed E-state index contributed by atoms with van der Waals surface area (Å²) in [5.74, 6) is -0.212. The van der Waals surface area contributed by atoms with Crippen molar-refractivity contribution >= 4 is 23.2 Å². The van der Waals surface area contributed by atoms with Gasteiger partial charge in [0.05, 0.1) is 29.8 Å². The number of nitrogens with one attached hydrogen (secondary N) is 1. The van der Waals surface area contributed by atoms with Crippen LogP contribution < -0.4 is 5.32 Å². The molecular weight excluding hydrogens is 338 g/mol.